The second-order valence-electron chi connectivity index (χ2n) is 8.58. The van der Waals surface area contributed by atoms with Crippen molar-refractivity contribution in [1.82, 2.24) is 19.8 Å². The lowest BCUT2D eigenvalue weighted by molar-refractivity contribution is -0.133. The molecule has 1 saturated heterocycles. The minimum absolute atomic E-state index is 0.0101. The second-order valence-corrected chi connectivity index (χ2v) is 9.42. The van der Waals surface area contributed by atoms with Crippen LogP contribution < -0.4 is 5.32 Å². The van der Waals surface area contributed by atoms with Crippen molar-refractivity contribution in [2.75, 3.05) is 19.6 Å². The summed E-state index contributed by atoms with van der Waals surface area (Å²) >= 11 is 12.4. The number of carbonyl (C=O) groups is 1. The van der Waals surface area contributed by atoms with E-state index in [1.807, 2.05) is 23.4 Å². The molecule has 32 heavy (non-hydrogen) atoms. The number of halogens is 2. The molecule has 0 spiro atoms. The van der Waals surface area contributed by atoms with Crippen LogP contribution in [0.4, 0.5) is 0 Å². The zero-order chi connectivity index (χ0) is 22.1. The van der Waals surface area contributed by atoms with Crippen molar-refractivity contribution >= 4 is 45.7 Å². The molecule has 3 aromatic rings. The molecule has 1 fully saturated rings. The molecule has 0 bridgehead atoms. The zero-order valence-corrected chi connectivity index (χ0v) is 19.4. The molecule has 1 atom stereocenters. The van der Waals surface area contributed by atoms with Crippen LogP contribution in [0.3, 0.4) is 0 Å². The summed E-state index contributed by atoms with van der Waals surface area (Å²) in [5.41, 5.74) is 5.49. The lowest BCUT2D eigenvalue weighted by Gasteiger charge is -2.32. The minimum Gasteiger partial charge on any atom is -0.337 e. The Morgan fingerprint density at radius 3 is 2.81 bits per heavy atom. The van der Waals surface area contributed by atoms with E-state index in [1.165, 1.54) is 11.1 Å². The topological polar surface area (TPSA) is 50.2 Å². The van der Waals surface area contributed by atoms with Gasteiger partial charge in [0, 0.05) is 23.1 Å². The van der Waals surface area contributed by atoms with E-state index in [0.717, 1.165) is 55.4 Å². The van der Waals surface area contributed by atoms with E-state index in [9.17, 15) is 4.79 Å². The molecule has 166 valence electrons. The number of rotatable bonds is 4. The molecule has 2 aromatic carbocycles. The Morgan fingerprint density at radius 1 is 1.16 bits per heavy atom. The van der Waals surface area contributed by atoms with E-state index in [2.05, 4.69) is 39.1 Å². The van der Waals surface area contributed by atoms with Gasteiger partial charge < -0.3 is 14.8 Å². The van der Waals surface area contributed by atoms with Crippen molar-refractivity contribution in [1.29, 1.82) is 0 Å². The Hall–Kier alpha value is -2.34. The summed E-state index contributed by atoms with van der Waals surface area (Å²) in [5, 5.41) is 4.66. The Kier molecular flexibility index (Phi) is 6.22. The van der Waals surface area contributed by atoms with Crippen LogP contribution >= 0.6 is 23.2 Å². The third-order valence-corrected chi connectivity index (χ3v) is 7.06. The van der Waals surface area contributed by atoms with E-state index in [4.69, 9.17) is 23.2 Å². The van der Waals surface area contributed by atoms with Gasteiger partial charge in [-0.15, -0.1) is 0 Å². The van der Waals surface area contributed by atoms with Gasteiger partial charge in [0.05, 0.1) is 29.9 Å². The number of carbonyl (C=O) groups excluding carboxylic acids is 1. The highest BCUT2D eigenvalue weighted by Crippen LogP contribution is 2.28. The number of fused-ring (bicyclic) bond motifs is 1. The van der Waals surface area contributed by atoms with E-state index < -0.39 is 0 Å². The molecule has 2 aliphatic rings. The molecule has 1 N–H and O–H groups in total. The van der Waals surface area contributed by atoms with Crippen LogP contribution in [-0.2, 0) is 11.3 Å². The number of nitrogens with one attached hydrogen (secondary N) is 1. The van der Waals surface area contributed by atoms with Crippen molar-refractivity contribution in [3.63, 3.8) is 0 Å². The van der Waals surface area contributed by atoms with Crippen LogP contribution in [0, 0.1) is 0 Å². The fraction of sp³-hybridized carbons (Fsp3) is 0.360. The molecule has 0 saturated carbocycles. The molecule has 3 heterocycles. The van der Waals surface area contributed by atoms with Gasteiger partial charge in [0.1, 0.15) is 0 Å². The first-order valence-corrected chi connectivity index (χ1v) is 11.9. The number of hydrogen-bond acceptors (Lipinski definition) is 3. The molecule has 5 rings (SSSR count). The Balaban J connectivity index is 1.34. The van der Waals surface area contributed by atoms with Crippen molar-refractivity contribution in [3.8, 4) is 0 Å². The van der Waals surface area contributed by atoms with E-state index in [0.29, 0.717) is 23.1 Å². The van der Waals surface area contributed by atoms with Gasteiger partial charge in [-0.3, -0.25) is 4.79 Å². The highest BCUT2D eigenvalue weighted by molar-refractivity contribution is 6.35. The number of nitrogens with zero attached hydrogens (tertiary/aromatic N) is 3. The van der Waals surface area contributed by atoms with Crippen LogP contribution in [0.5, 0.6) is 0 Å². The molecule has 2 aliphatic heterocycles. The maximum absolute atomic E-state index is 12.8. The van der Waals surface area contributed by atoms with Gasteiger partial charge in [0.2, 0.25) is 5.91 Å². The summed E-state index contributed by atoms with van der Waals surface area (Å²) in [6, 6.07) is 12.0. The number of hydrogen-bond donors (Lipinski definition) is 1. The van der Waals surface area contributed by atoms with Gasteiger partial charge in [0.15, 0.2) is 0 Å². The van der Waals surface area contributed by atoms with Gasteiger partial charge in [-0.25, -0.2) is 4.98 Å². The maximum atomic E-state index is 12.8. The number of benzene rings is 2. The quantitative estimate of drug-likeness (QED) is 0.575. The van der Waals surface area contributed by atoms with Gasteiger partial charge in [-0.2, -0.15) is 0 Å². The molecule has 5 nitrogen and oxygen atoms in total. The average Bonchev–Trinajstić information content (AvgIpc) is 3.23. The van der Waals surface area contributed by atoms with Crippen molar-refractivity contribution in [3.05, 3.63) is 70.0 Å². The standard InChI is InChI=1S/C25H26Cl2N4O/c26-20-6-4-19(21(27)14-20)15-31-16-29-22-7-5-18(13-24(22)31)17-8-11-30(12-9-17)25(32)23-3-1-2-10-28-23/h4-8,13-14,16,23,28H,1-3,9-12,15H2. The van der Waals surface area contributed by atoms with Crippen molar-refractivity contribution in [2.24, 2.45) is 0 Å². The molecule has 1 unspecified atom stereocenters. The highest BCUT2D eigenvalue weighted by atomic mass is 35.5. The lowest BCUT2D eigenvalue weighted by Crippen LogP contribution is -2.49. The SMILES string of the molecule is O=C(C1CCCCN1)N1CC=C(c2ccc3ncn(Cc4ccc(Cl)cc4Cl)c3c2)CC1. The predicted molar refractivity (Wildman–Crippen MR) is 130 cm³/mol. The van der Waals surface area contributed by atoms with Crippen LogP contribution in [-0.4, -0.2) is 46.0 Å². The average molecular weight is 469 g/mol. The Morgan fingerprint density at radius 2 is 2.06 bits per heavy atom. The van der Waals surface area contributed by atoms with Crippen LogP contribution in [0.1, 0.15) is 36.8 Å². The van der Waals surface area contributed by atoms with Crippen LogP contribution in [0.15, 0.2) is 48.8 Å². The minimum atomic E-state index is -0.0101. The van der Waals surface area contributed by atoms with E-state index >= 15 is 0 Å². The fourth-order valence-electron chi connectivity index (χ4n) is 4.63. The largest absolute Gasteiger partial charge is 0.337 e. The summed E-state index contributed by atoms with van der Waals surface area (Å²) in [6.07, 6.45) is 8.16. The molecular weight excluding hydrogens is 443 g/mol. The van der Waals surface area contributed by atoms with Crippen molar-refractivity contribution < 1.29 is 4.79 Å². The first-order chi connectivity index (χ1) is 15.6. The number of aromatic nitrogens is 2. The third-order valence-electron chi connectivity index (χ3n) is 6.48. The lowest BCUT2D eigenvalue weighted by atomic mass is 9.97. The normalized spacial score (nSPS) is 19.2. The fourth-order valence-corrected chi connectivity index (χ4v) is 5.10. The Labute approximate surface area is 198 Å². The molecular formula is C25H26Cl2N4O. The molecule has 1 aromatic heterocycles. The summed E-state index contributed by atoms with van der Waals surface area (Å²) in [6.45, 7) is 3.01. The van der Waals surface area contributed by atoms with Gasteiger partial charge in [0.25, 0.3) is 0 Å². The van der Waals surface area contributed by atoms with Crippen LogP contribution in [0.25, 0.3) is 16.6 Å². The molecule has 7 heteroatoms. The Bertz CT molecular complexity index is 1180. The van der Waals surface area contributed by atoms with Gasteiger partial charge in [-0.1, -0.05) is 47.8 Å². The third kappa shape index (κ3) is 4.42. The summed E-state index contributed by atoms with van der Waals surface area (Å²) in [7, 11) is 0. The highest BCUT2D eigenvalue weighted by Gasteiger charge is 2.26. The molecule has 0 aliphatic carbocycles. The monoisotopic (exact) mass is 468 g/mol. The van der Waals surface area contributed by atoms with Crippen molar-refractivity contribution in [2.45, 2.75) is 38.3 Å². The summed E-state index contributed by atoms with van der Waals surface area (Å²) < 4.78 is 2.11. The summed E-state index contributed by atoms with van der Waals surface area (Å²) in [5.74, 6) is 0.244. The smallest absolute Gasteiger partial charge is 0.239 e. The first kappa shape index (κ1) is 21.5. The second kappa shape index (κ2) is 9.26. The number of imidazole rings is 1. The maximum Gasteiger partial charge on any atom is 0.239 e. The van der Waals surface area contributed by atoms with Gasteiger partial charge in [-0.05, 0) is 66.8 Å². The predicted octanol–water partition coefficient (Wildman–Crippen LogP) is 5.15. The summed E-state index contributed by atoms with van der Waals surface area (Å²) in [4.78, 5) is 19.3. The number of amides is 1. The zero-order valence-electron chi connectivity index (χ0n) is 17.9. The number of piperidine rings is 1. The first-order valence-electron chi connectivity index (χ1n) is 11.2. The molecule has 1 amide bonds. The van der Waals surface area contributed by atoms with Gasteiger partial charge >= 0.3 is 0 Å². The molecule has 0 radical (unpaired) electrons. The van der Waals surface area contributed by atoms with E-state index in [-0.39, 0.29) is 11.9 Å². The van der Waals surface area contributed by atoms with E-state index in [1.54, 1.807) is 6.07 Å². The van der Waals surface area contributed by atoms with Crippen LogP contribution in [0.2, 0.25) is 10.0 Å².